The van der Waals surface area contributed by atoms with E-state index in [1.807, 2.05) is 18.2 Å². The first-order valence-electron chi connectivity index (χ1n) is 6.30. The lowest BCUT2D eigenvalue weighted by molar-refractivity contribution is -0.119. The van der Waals surface area contributed by atoms with E-state index >= 15 is 0 Å². The van der Waals surface area contributed by atoms with Crippen molar-refractivity contribution in [2.45, 2.75) is 13.1 Å². The van der Waals surface area contributed by atoms with Crippen molar-refractivity contribution < 1.29 is 9.53 Å². The fraction of sp³-hybridized carbons (Fsp3) is 0.308. The zero-order chi connectivity index (χ0) is 15.2. The average molecular weight is 354 g/mol. The van der Waals surface area contributed by atoms with E-state index in [2.05, 4.69) is 31.6 Å². The lowest BCUT2D eigenvalue weighted by atomic mass is 10.2. The summed E-state index contributed by atoms with van der Waals surface area (Å²) >= 11 is 3.44. The van der Waals surface area contributed by atoms with Crippen LogP contribution in [0.1, 0.15) is 11.3 Å². The number of nitrogens with zero attached hydrogens (tertiary/aromatic N) is 3. The Kier molecular flexibility index (Phi) is 5.29. The third-order valence-corrected chi connectivity index (χ3v) is 3.42. The molecule has 0 atom stereocenters. The van der Waals surface area contributed by atoms with Crippen molar-refractivity contribution in [1.82, 2.24) is 20.3 Å². The maximum absolute atomic E-state index is 11.1. The topological polar surface area (TPSA) is 95.1 Å². The van der Waals surface area contributed by atoms with Gasteiger partial charge in [-0.05, 0) is 33.6 Å². The number of carbonyl (C=O) groups is 1. The van der Waals surface area contributed by atoms with Gasteiger partial charge >= 0.3 is 0 Å². The van der Waals surface area contributed by atoms with Crippen LogP contribution in [-0.4, -0.2) is 34.6 Å². The van der Waals surface area contributed by atoms with Gasteiger partial charge in [0.05, 0.1) is 37.4 Å². The van der Waals surface area contributed by atoms with Crippen molar-refractivity contribution >= 4 is 21.8 Å². The summed E-state index contributed by atoms with van der Waals surface area (Å²) in [6, 6.07) is 5.82. The SMILES string of the molecule is COc1ccc(Cn2cc(CNC(=O)CN)nn2)cc1Br. The Labute approximate surface area is 130 Å². The molecule has 0 fully saturated rings. The highest BCUT2D eigenvalue weighted by Crippen LogP contribution is 2.25. The maximum atomic E-state index is 11.1. The zero-order valence-electron chi connectivity index (χ0n) is 11.5. The molecule has 0 saturated carbocycles. The van der Waals surface area contributed by atoms with Crippen molar-refractivity contribution in [2.75, 3.05) is 13.7 Å². The molecular formula is C13H16BrN5O2. The minimum absolute atomic E-state index is 0.0337. The number of amides is 1. The summed E-state index contributed by atoms with van der Waals surface area (Å²) in [7, 11) is 1.62. The van der Waals surface area contributed by atoms with Crippen LogP contribution in [0.25, 0.3) is 0 Å². The van der Waals surface area contributed by atoms with Gasteiger partial charge in [0.2, 0.25) is 5.91 Å². The first-order chi connectivity index (χ1) is 10.1. The summed E-state index contributed by atoms with van der Waals surface area (Å²) in [6.45, 7) is 0.872. The monoisotopic (exact) mass is 353 g/mol. The van der Waals surface area contributed by atoms with Gasteiger partial charge in [-0.3, -0.25) is 4.79 Å². The van der Waals surface area contributed by atoms with E-state index in [0.717, 1.165) is 15.8 Å². The van der Waals surface area contributed by atoms with Crippen molar-refractivity contribution in [3.8, 4) is 5.75 Å². The summed E-state index contributed by atoms with van der Waals surface area (Å²) < 4.78 is 7.78. The highest BCUT2D eigenvalue weighted by molar-refractivity contribution is 9.10. The molecule has 8 heteroatoms. The summed E-state index contributed by atoms with van der Waals surface area (Å²) in [4.78, 5) is 11.1. The molecule has 0 aliphatic rings. The molecule has 0 aliphatic carbocycles. The van der Waals surface area contributed by atoms with Crippen LogP contribution in [0.2, 0.25) is 0 Å². The number of benzene rings is 1. The van der Waals surface area contributed by atoms with Gasteiger partial charge in [-0.2, -0.15) is 0 Å². The molecule has 0 unspecified atom stereocenters. The van der Waals surface area contributed by atoms with Crippen molar-refractivity contribution in [3.63, 3.8) is 0 Å². The molecule has 2 aromatic rings. The van der Waals surface area contributed by atoms with Gasteiger partial charge in [-0.25, -0.2) is 4.68 Å². The minimum atomic E-state index is -0.219. The average Bonchev–Trinajstić information content (AvgIpc) is 2.92. The Balaban J connectivity index is 1.99. The fourth-order valence-corrected chi connectivity index (χ4v) is 2.34. The Hall–Kier alpha value is -1.93. The molecule has 2 rings (SSSR count). The number of nitrogens with one attached hydrogen (secondary N) is 1. The van der Waals surface area contributed by atoms with Crippen LogP contribution >= 0.6 is 15.9 Å². The van der Waals surface area contributed by atoms with Gasteiger partial charge in [0.1, 0.15) is 11.4 Å². The normalized spacial score (nSPS) is 10.4. The molecule has 1 amide bonds. The standard InChI is InChI=1S/C13H16BrN5O2/c1-21-12-3-2-9(4-11(12)14)7-19-8-10(17-18-19)6-16-13(20)5-15/h2-4,8H,5-7,15H2,1H3,(H,16,20). The molecule has 21 heavy (non-hydrogen) atoms. The lowest BCUT2D eigenvalue weighted by Crippen LogP contribution is -2.29. The highest BCUT2D eigenvalue weighted by Gasteiger charge is 2.05. The molecule has 0 radical (unpaired) electrons. The van der Waals surface area contributed by atoms with Crippen LogP contribution in [-0.2, 0) is 17.9 Å². The second-order valence-corrected chi connectivity index (χ2v) is 5.21. The van der Waals surface area contributed by atoms with Gasteiger partial charge in [0.25, 0.3) is 0 Å². The number of rotatable bonds is 6. The second-order valence-electron chi connectivity index (χ2n) is 4.36. The smallest absolute Gasteiger partial charge is 0.234 e. The Morgan fingerprint density at radius 1 is 1.52 bits per heavy atom. The second kappa shape index (κ2) is 7.19. The van der Waals surface area contributed by atoms with Crippen LogP contribution in [0.3, 0.4) is 0 Å². The molecule has 1 aromatic heterocycles. The van der Waals surface area contributed by atoms with E-state index in [1.165, 1.54) is 0 Å². The first kappa shape index (κ1) is 15.5. The van der Waals surface area contributed by atoms with Gasteiger partial charge < -0.3 is 15.8 Å². The van der Waals surface area contributed by atoms with Crippen LogP contribution in [0.5, 0.6) is 5.75 Å². The van der Waals surface area contributed by atoms with Crippen molar-refractivity contribution in [2.24, 2.45) is 5.73 Å². The molecule has 112 valence electrons. The lowest BCUT2D eigenvalue weighted by Gasteiger charge is -2.06. The molecule has 1 heterocycles. The van der Waals surface area contributed by atoms with E-state index in [1.54, 1.807) is 18.0 Å². The number of nitrogens with two attached hydrogens (primary N) is 1. The summed E-state index contributed by atoms with van der Waals surface area (Å²) in [5.74, 6) is 0.561. The number of methoxy groups -OCH3 is 1. The molecule has 1 aromatic carbocycles. The summed E-state index contributed by atoms with van der Waals surface area (Å²) in [6.07, 6.45) is 1.79. The molecule has 0 aliphatic heterocycles. The molecule has 0 bridgehead atoms. The number of hydrogen-bond acceptors (Lipinski definition) is 5. The fourth-order valence-electron chi connectivity index (χ4n) is 1.75. The molecule has 3 N–H and O–H groups in total. The maximum Gasteiger partial charge on any atom is 0.234 e. The third-order valence-electron chi connectivity index (χ3n) is 2.80. The number of ether oxygens (including phenoxy) is 1. The Morgan fingerprint density at radius 3 is 3.00 bits per heavy atom. The van der Waals surface area contributed by atoms with Gasteiger partial charge in [0, 0.05) is 0 Å². The van der Waals surface area contributed by atoms with Crippen LogP contribution in [0.15, 0.2) is 28.9 Å². The van der Waals surface area contributed by atoms with E-state index in [-0.39, 0.29) is 12.5 Å². The number of aromatic nitrogens is 3. The third kappa shape index (κ3) is 4.27. The molecule has 0 saturated heterocycles. The van der Waals surface area contributed by atoms with E-state index in [9.17, 15) is 4.79 Å². The number of halogens is 1. The summed E-state index contributed by atoms with van der Waals surface area (Å²) in [5.41, 5.74) is 6.96. The number of hydrogen-bond donors (Lipinski definition) is 2. The van der Waals surface area contributed by atoms with Crippen LogP contribution < -0.4 is 15.8 Å². The molecule has 7 nitrogen and oxygen atoms in total. The van der Waals surface area contributed by atoms with Gasteiger partial charge in [-0.1, -0.05) is 11.3 Å². The largest absolute Gasteiger partial charge is 0.496 e. The van der Waals surface area contributed by atoms with E-state index < -0.39 is 0 Å². The summed E-state index contributed by atoms with van der Waals surface area (Å²) in [5, 5.41) is 10.7. The van der Waals surface area contributed by atoms with Crippen LogP contribution in [0.4, 0.5) is 0 Å². The minimum Gasteiger partial charge on any atom is -0.496 e. The van der Waals surface area contributed by atoms with Crippen molar-refractivity contribution in [1.29, 1.82) is 0 Å². The van der Waals surface area contributed by atoms with E-state index in [4.69, 9.17) is 10.5 Å². The molecular weight excluding hydrogens is 338 g/mol. The first-order valence-corrected chi connectivity index (χ1v) is 7.10. The predicted molar refractivity (Wildman–Crippen MR) is 80.7 cm³/mol. The zero-order valence-corrected chi connectivity index (χ0v) is 13.1. The van der Waals surface area contributed by atoms with Crippen molar-refractivity contribution in [3.05, 3.63) is 40.1 Å². The van der Waals surface area contributed by atoms with Gasteiger partial charge in [-0.15, -0.1) is 5.10 Å². The Morgan fingerprint density at radius 2 is 2.33 bits per heavy atom. The van der Waals surface area contributed by atoms with Crippen LogP contribution in [0, 0.1) is 0 Å². The quantitative estimate of drug-likeness (QED) is 0.795. The number of carbonyl (C=O) groups excluding carboxylic acids is 1. The highest BCUT2D eigenvalue weighted by atomic mass is 79.9. The van der Waals surface area contributed by atoms with Gasteiger partial charge in [0.15, 0.2) is 0 Å². The molecule has 0 spiro atoms. The predicted octanol–water partition coefficient (Wildman–Crippen LogP) is 0.672. The Bertz CT molecular complexity index is 629. The van der Waals surface area contributed by atoms with E-state index in [0.29, 0.717) is 18.8 Å².